The minimum Gasteiger partial charge on any atom is -0.396 e. The predicted molar refractivity (Wildman–Crippen MR) is 73.9 cm³/mol. The molecule has 12 nitrogen and oxygen atoms in total. The average Bonchev–Trinajstić information content (AvgIpc) is 2.47. The normalized spacial score (nSPS) is 10.7. The molecule has 0 aliphatic heterocycles. The molecule has 25 heavy (non-hydrogen) atoms. The van der Waals surface area contributed by atoms with E-state index < -0.39 is 82.1 Å². The van der Waals surface area contributed by atoms with Gasteiger partial charge in [0.25, 0.3) is 0 Å². The van der Waals surface area contributed by atoms with E-state index in [-0.39, 0.29) is 0 Å². The number of hydrogen-bond acceptors (Lipinski definition) is 12. The molecule has 12 heteroatoms. The third-order valence-electron chi connectivity index (χ3n) is 2.22. The van der Waals surface area contributed by atoms with Crippen molar-refractivity contribution in [3.05, 3.63) is 0 Å². The highest BCUT2D eigenvalue weighted by Crippen LogP contribution is 2.22. The highest BCUT2D eigenvalue weighted by Gasteiger charge is 2.49. The smallest absolute Gasteiger partial charge is 0.396 e. The first-order valence-corrected chi connectivity index (χ1v) is 7.13. The van der Waals surface area contributed by atoms with Gasteiger partial charge in [0, 0.05) is 0 Å². The molecule has 0 atom stereocenters. The number of rotatable bonds is 12. The Morgan fingerprint density at radius 2 is 0.720 bits per heavy atom. The van der Waals surface area contributed by atoms with E-state index in [1.54, 1.807) is 0 Å². The lowest BCUT2D eigenvalue weighted by molar-refractivity contribution is -0.432. The van der Waals surface area contributed by atoms with Crippen molar-refractivity contribution >= 4 is 23.9 Å². The lowest BCUT2D eigenvalue weighted by Gasteiger charge is -2.28. The van der Waals surface area contributed by atoms with Crippen LogP contribution in [0.1, 0.15) is 25.7 Å². The summed E-state index contributed by atoms with van der Waals surface area (Å²) < 4.78 is 18.2. The quantitative estimate of drug-likeness (QED) is 0.206. The van der Waals surface area contributed by atoms with E-state index in [1.165, 1.54) is 0 Å². The molecular formula is C13H20O12. The zero-order valence-electron chi connectivity index (χ0n) is 13.2. The van der Waals surface area contributed by atoms with Crippen molar-refractivity contribution in [3.63, 3.8) is 0 Å². The summed E-state index contributed by atoms with van der Waals surface area (Å²) >= 11 is 0. The Morgan fingerprint density at radius 1 is 0.520 bits per heavy atom. The third-order valence-corrected chi connectivity index (χ3v) is 2.22. The van der Waals surface area contributed by atoms with Gasteiger partial charge in [-0.25, -0.2) is 0 Å². The molecule has 0 saturated carbocycles. The number of hydrogen-bond donors (Lipinski definition) is 4. The summed E-state index contributed by atoms with van der Waals surface area (Å²) in [5, 5.41) is 34.8. The number of aliphatic hydroxyl groups excluding tert-OH is 4. The molecule has 0 aliphatic carbocycles. The van der Waals surface area contributed by atoms with E-state index in [4.69, 9.17) is 20.4 Å². The Hall–Kier alpha value is -2.28. The van der Waals surface area contributed by atoms with Gasteiger partial charge in [0.1, 0.15) is 0 Å². The molecule has 0 saturated heterocycles. The van der Waals surface area contributed by atoms with Gasteiger partial charge in [-0.15, -0.1) is 0 Å². The van der Waals surface area contributed by atoms with Gasteiger partial charge in [0.05, 0.1) is 52.1 Å². The van der Waals surface area contributed by atoms with E-state index in [1.807, 2.05) is 0 Å². The van der Waals surface area contributed by atoms with Crippen molar-refractivity contribution in [1.29, 1.82) is 0 Å². The molecule has 0 spiro atoms. The molecule has 0 aliphatic rings. The zero-order chi connectivity index (χ0) is 19.3. The molecule has 0 radical (unpaired) electrons. The van der Waals surface area contributed by atoms with E-state index in [0.717, 1.165) is 0 Å². The molecule has 4 N–H and O–H groups in total. The predicted octanol–water partition coefficient (Wildman–Crippen LogP) is -2.70. The number of ether oxygens (including phenoxy) is 4. The Labute approximate surface area is 141 Å². The van der Waals surface area contributed by atoms with Gasteiger partial charge in [0.15, 0.2) is 0 Å². The van der Waals surface area contributed by atoms with Gasteiger partial charge in [-0.2, -0.15) is 0 Å². The molecule has 144 valence electrons. The summed E-state index contributed by atoms with van der Waals surface area (Å²) in [5.41, 5.74) is 0. The fourth-order valence-electron chi connectivity index (χ4n) is 1.25. The van der Waals surface area contributed by atoms with Crippen LogP contribution in [-0.2, 0) is 38.1 Å². The fraction of sp³-hybridized carbons (Fsp3) is 0.692. The number of carbonyl (C=O) groups excluding carboxylic acids is 4. The highest BCUT2D eigenvalue weighted by molar-refractivity contribution is 5.75. The second-order valence-corrected chi connectivity index (χ2v) is 4.29. The first-order valence-electron chi connectivity index (χ1n) is 7.13. The minimum atomic E-state index is -3.25. The Bertz CT molecular complexity index is 374. The topological polar surface area (TPSA) is 186 Å². The van der Waals surface area contributed by atoms with E-state index in [9.17, 15) is 19.2 Å². The molecule has 0 fully saturated rings. The van der Waals surface area contributed by atoms with E-state index in [2.05, 4.69) is 18.9 Å². The maximum atomic E-state index is 11.6. The molecule has 0 unspecified atom stereocenters. The van der Waals surface area contributed by atoms with Crippen LogP contribution in [0.15, 0.2) is 0 Å². The summed E-state index contributed by atoms with van der Waals surface area (Å²) in [6.45, 7) is -2.69. The average molecular weight is 368 g/mol. The maximum absolute atomic E-state index is 11.6. The van der Waals surface area contributed by atoms with Gasteiger partial charge in [-0.3, -0.25) is 19.2 Å². The summed E-state index contributed by atoms with van der Waals surface area (Å²) in [5.74, 6) is -5.03. The van der Waals surface area contributed by atoms with Crippen LogP contribution in [0.4, 0.5) is 0 Å². The molecule has 0 aromatic carbocycles. The van der Waals surface area contributed by atoms with Crippen molar-refractivity contribution in [2.45, 2.75) is 31.8 Å². The number of aliphatic hydroxyl groups is 4. The van der Waals surface area contributed by atoms with Crippen LogP contribution in [0.25, 0.3) is 0 Å². The van der Waals surface area contributed by atoms with Crippen molar-refractivity contribution in [1.82, 2.24) is 0 Å². The van der Waals surface area contributed by atoms with E-state index >= 15 is 0 Å². The fourth-order valence-corrected chi connectivity index (χ4v) is 1.25. The number of esters is 4. The molecule has 0 bridgehead atoms. The SMILES string of the molecule is O=C(CCO)OC(OC(=O)CCO)(OC(=O)CCO)OC(=O)CCO. The molecule has 0 amide bonds. The molecule has 0 aromatic rings. The van der Waals surface area contributed by atoms with Crippen LogP contribution in [-0.4, -0.2) is 76.9 Å². The van der Waals surface area contributed by atoms with Crippen LogP contribution in [0.5, 0.6) is 0 Å². The van der Waals surface area contributed by atoms with Gasteiger partial charge in [-0.1, -0.05) is 0 Å². The van der Waals surface area contributed by atoms with Crippen LogP contribution in [0.2, 0.25) is 0 Å². The Morgan fingerprint density at radius 3 is 0.880 bits per heavy atom. The Balaban J connectivity index is 5.55. The summed E-state index contributed by atoms with van der Waals surface area (Å²) in [6.07, 6.45) is -5.72. The maximum Gasteiger partial charge on any atom is 0.619 e. The second-order valence-electron chi connectivity index (χ2n) is 4.29. The highest BCUT2D eigenvalue weighted by atomic mass is 17.0. The molecular weight excluding hydrogens is 348 g/mol. The lowest BCUT2D eigenvalue weighted by atomic mass is 10.4. The van der Waals surface area contributed by atoms with Crippen molar-refractivity contribution in [3.8, 4) is 0 Å². The van der Waals surface area contributed by atoms with Crippen LogP contribution in [0.3, 0.4) is 0 Å². The first kappa shape index (κ1) is 22.7. The van der Waals surface area contributed by atoms with Crippen LogP contribution < -0.4 is 0 Å². The summed E-state index contributed by atoms with van der Waals surface area (Å²) in [6, 6.07) is 0. The minimum absolute atomic E-state index is 0.617. The van der Waals surface area contributed by atoms with Crippen molar-refractivity contribution in [2.75, 3.05) is 26.4 Å². The second kappa shape index (κ2) is 12.1. The molecule has 0 rings (SSSR count). The molecule has 0 aromatic heterocycles. The standard InChI is InChI=1S/C13H20O12/c14-5-1-9(18)22-13(23-10(19)2-6-15,24-11(20)3-7-16)25-12(21)4-8-17/h14-17H,1-8H2. The van der Waals surface area contributed by atoms with Gasteiger partial charge in [0.2, 0.25) is 0 Å². The monoisotopic (exact) mass is 368 g/mol. The van der Waals surface area contributed by atoms with Gasteiger partial charge >= 0.3 is 30.0 Å². The summed E-state index contributed by atoms with van der Waals surface area (Å²) in [4.78, 5) is 46.3. The van der Waals surface area contributed by atoms with E-state index in [0.29, 0.717) is 0 Å². The van der Waals surface area contributed by atoms with Crippen molar-refractivity contribution in [2.24, 2.45) is 0 Å². The third kappa shape index (κ3) is 9.56. The summed E-state index contributed by atoms with van der Waals surface area (Å²) in [7, 11) is 0. The largest absolute Gasteiger partial charge is 0.619 e. The zero-order valence-corrected chi connectivity index (χ0v) is 13.2. The van der Waals surface area contributed by atoms with Crippen LogP contribution in [0, 0.1) is 0 Å². The first-order chi connectivity index (χ1) is 11.8. The van der Waals surface area contributed by atoms with Gasteiger partial charge in [-0.05, 0) is 0 Å². The van der Waals surface area contributed by atoms with Crippen LogP contribution >= 0.6 is 0 Å². The van der Waals surface area contributed by atoms with Crippen molar-refractivity contribution < 1.29 is 58.6 Å². The lowest BCUT2D eigenvalue weighted by Crippen LogP contribution is -2.48. The number of carbonyl (C=O) groups is 4. The van der Waals surface area contributed by atoms with Gasteiger partial charge < -0.3 is 39.4 Å². The Kier molecular flexibility index (Phi) is 11.0. The molecule has 0 heterocycles.